The average Bonchev–Trinajstić information content (AvgIpc) is 3.41. The highest BCUT2D eigenvalue weighted by molar-refractivity contribution is 5.96. The number of nitrogens with one attached hydrogen (secondary N) is 3. The molecule has 3 amide bonds. The van der Waals surface area contributed by atoms with Crippen LogP contribution in [0.4, 0.5) is 16.2 Å². The fraction of sp³-hybridized carbons (Fsp3) is 0.300. The predicted octanol–water partition coefficient (Wildman–Crippen LogP) is 3.35. The molecule has 1 saturated carbocycles. The molecule has 2 aromatic carbocycles. The van der Waals surface area contributed by atoms with E-state index in [0.29, 0.717) is 17.3 Å². The summed E-state index contributed by atoms with van der Waals surface area (Å²) in [5.41, 5.74) is 9.47. The van der Waals surface area contributed by atoms with E-state index >= 15 is 0 Å². The van der Waals surface area contributed by atoms with Crippen molar-refractivity contribution in [2.45, 2.75) is 38.8 Å². The normalized spacial score (nSPS) is 14.4. The Morgan fingerprint density at radius 2 is 1.81 bits per heavy atom. The predicted molar refractivity (Wildman–Crippen MR) is 103 cm³/mol. The summed E-state index contributed by atoms with van der Waals surface area (Å²) in [4.78, 5) is 24.2. The first kappa shape index (κ1) is 17.8. The number of amides is 3. The molecule has 0 aliphatic heterocycles. The largest absolute Gasteiger partial charge is 0.399 e. The van der Waals surface area contributed by atoms with Crippen molar-refractivity contribution >= 4 is 23.3 Å². The van der Waals surface area contributed by atoms with Crippen molar-refractivity contribution in [2.24, 2.45) is 0 Å². The van der Waals surface area contributed by atoms with Gasteiger partial charge in [-0.15, -0.1) is 0 Å². The molecular formula is C20H24N4O2. The lowest BCUT2D eigenvalue weighted by atomic mass is 10.0. The number of carbonyl (C=O) groups is 2. The third-order valence-corrected chi connectivity index (χ3v) is 4.43. The van der Waals surface area contributed by atoms with Crippen LogP contribution in [0.5, 0.6) is 0 Å². The van der Waals surface area contributed by atoms with Crippen LogP contribution in [-0.2, 0) is 0 Å². The Labute approximate surface area is 153 Å². The maximum atomic E-state index is 12.5. The van der Waals surface area contributed by atoms with Crippen molar-refractivity contribution in [1.82, 2.24) is 10.6 Å². The standard InChI is InChI=1S/C20H24N4O2/c1-12-3-6-15(21)11-18(12)19(25)22-13(2)14-4-7-16(8-5-14)23-20(26)24-17-9-10-17/h3-8,11,13,17H,9-10,21H2,1-2H3,(H,22,25)(H2,23,24,26). The van der Waals surface area contributed by atoms with Gasteiger partial charge in [0.1, 0.15) is 0 Å². The summed E-state index contributed by atoms with van der Waals surface area (Å²) in [6.45, 7) is 3.80. The van der Waals surface area contributed by atoms with Crippen molar-refractivity contribution in [3.8, 4) is 0 Å². The van der Waals surface area contributed by atoms with Gasteiger partial charge in [-0.1, -0.05) is 18.2 Å². The number of nitrogen functional groups attached to an aromatic ring is 1. The van der Waals surface area contributed by atoms with Crippen molar-refractivity contribution in [1.29, 1.82) is 0 Å². The second kappa shape index (κ2) is 7.47. The van der Waals surface area contributed by atoms with Gasteiger partial charge in [0.2, 0.25) is 0 Å². The van der Waals surface area contributed by atoms with Crippen LogP contribution in [0.3, 0.4) is 0 Å². The van der Waals surface area contributed by atoms with Gasteiger partial charge in [-0.05, 0) is 62.1 Å². The molecule has 1 atom stereocenters. The van der Waals surface area contributed by atoms with Crippen LogP contribution in [0.15, 0.2) is 42.5 Å². The van der Waals surface area contributed by atoms with Crippen molar-refractivity contribution in [2.75, 3.05) is 11.1 Å². The van der Waals surface area contributed by atoms with Gasteiger partial charge in [0.05, 0.1) is 6.04 Å². The number of urea groups is 1. The molecule has 1 unspecified atom stereocenters. The Bertz CT molecular complexity index is 813. The van der Waals surface area contributed by atoms with Gasteiger partial charge in [-0.25, -0.2) is 4.79 Å². The van der Waals surface area contributed by atoms with E-state index in [1.807, 2.05) is 44.2 Å². The Hall–Kier alpha value is -3.02. The summed E-state index contributed by atoms with van der Waals surface area (Å²) >= 11 is 0. The zero-order valence-corrected chi connectivity index (χ0v) is 15.0. The molecule has 0 radical (unpaired) electrons. The molecule has 0 heterocycles. The van der Waals surface area contributed by atoms with Gasteiger partial charge in [0, 0.05) is 23.0 Å². The minimum atomic E-state index is -0.182. The van der Waals surface area contributed by atoms with Crippen LogP contribution in [0.25, 0.3) is 0 Å². The molecule has 6 nitrogen and oxygen atoms in total. The zero-order chi connectivity index (χ0) is 18.7. The van der Waals surface area contributed by atoms with E-state index in [4.69, 9.17) is 5.73 Å². The number of nitrogens with two attached hydrogens (primary N) is 1. The highest BCUT2D eigenvalue weighted by atomic mass is 16.2. The van der Waals surface area contributed by atoms with E-state index in [2.05, 4.69) is 16.0 Å². The molecule has 0 spiro atoms. The number of hydrogen-bond donors (Lipinski definition) is 4. The molecule has 0 aromatic heterocycles. The number of hydrogen-bond acceptors (Lipinski definition) is 3. The van der Waals surface area contributed by atoms with E-state index in [1.54, 1.807) is 12.1 Å². The monoisotopic (exact) mass is 352 g/mol. The van der Waals surface area contributed by atoms with E-state index in [1.165, 1.54) is 0 Å². The smallest absolute Gasteiger partial charge is 0.319 e. The van der Waals surface area contributed by atoms with Crippen molar-refractivity contribution < 1.29 is 9.59 Å². The van der Waals surface area contributed by atoms with E-state index in [-0.39, 0.29) is 18.0 Å². The van der Waals surface area contributed by atoms with Crippen molar-refractivity contribution in [3.05, 3.63) is 59.2 Å². The lowest BCUT2D eigenvalue weighted by Crippen LogP contribution is -2.30. The first-order valence-electron chi connectivity index (χ1n) is 8.77. The molecule has 5 N–H and O–H groups in total. The van der Waals surface area contributed by atoms with E-state index in [0.717, 1.165) is 29.7 Å². The van der Waals surface area contributed by atoms with Crippen LogP contribution >= 0.6 is 0 Å². The third-order valence-electron chi connectivity index (χ3n) is 4.43. The van der Waals surface area contributed by atoms with E-state index < -0.39 is 0 Å². The fourth-order valence-electron chi connectivity index (χ4n) is 2.68. The average molecular weight is 352 g/mol. The molecule has 26 heavy (non-hydrogen) atoms. The molecule has 0 saturated heterocycles. The second-order valence-electron chi connectivity index (χ2n) is 6.76. The Kier molecular flexibility index (Phi) is 5.11. The van der Waals surface area contributed by atoms with Gasteiger partial charge in [-0.3, -0.25) is 4.79 Å². The van der Waals surface area contributed by atoms with Gasteiger partial charge >= 0.3 is 6.03 Å². The minimum absolute atomic E-state index is 0.159. The van der Waals surface area contributed by atoms with Crippen LogP contribution in [0.2, 0.25) is 0 Å². The number of aryl methyl sites for hydroxylation is 1. The molecule has 0 bridgehead atoms. The van der Waals surface area contributed by atoms with Gasteiger partial charge in [-0.2, -0.15) is 0 Å². The maximum absolute atomic E-state index is 12.5. The summed E-state index contributed by atoms with van der Waals surface area (Å²) < 4.78 is 0. The Morgan fingerprint density at radius 1 is 1.12 bits per heavy atom. The van der Waals surface area contributed by atoms with Crippen LogP contribution in [0.1, 0.15) is 47.3 Å². The first-order valence-corrected chi connectivity index (χ1v) is 8.77. The third kappa shape index (κ3) is 4.53. The highest BCUT2D eigenvalue weighted by Gasteiger charge is 2.23. The van der Waals surface area contributed by atoms with Gasteiger partial charge < -0.3 is 21.7 Å². The van der Waals surface area contributed by atoms with E-state index in [9.17, 15) is 9.59 Å². The molecular weight excluding hydrogens is 328 g/mol. The number of carbonyl (C=O) groups excluding carboxylic acids is 2. The highest BCUT2D eigenvalue weighted by Crippen LogP contribution is 2.20. The Balaban J connectivity index is 1.60. The Morgan fingerprint density at radius 3 is 2.46 bits per heavy atom. The topological polar surface area (TPSA) is 96.2 Å². The van der Waals surface area contributed by atoms with Gasteiger partial charge in [0.15, 0.2) is 0 Å². The molecule has 1 aliphatic rings. The van der Waals surface area contributed by atoms with Crippen molar-refractivity contribution in [3.63, 3.8) is 0 Å². The second-order valence-corrected chi connectivity index (χ2v) is 6.76. The molecule has 2 aromatic rings. The number of rotatable bonds is 5. The summed E-state index contributed by atoms with van der Waals surface area (Å²) in [5, 5.41) is 8.67. The molecule has 3 rings (SSSR count). The molecule has 136 valence electrons. The number of anilines is 2. The zero-order valence-electron chi connectivity index (χ0n) is 15.0. The first-order chi connectivity index (χ1) is 12.4. The fourth-order valence-corrected chi connectivity index (χ4v) is 2.68. The van der Waals surface area contributed by atoms with Gasteiger partial charge in [0.25, 0.3) is 5.91 Å². The van der Waals surface area contributed by atoms with Crippen LogP contribution in [0, 0.1) is 6.92 Å². The number of benzene rings is 2. The minimum Gasteiger partial charge on any atom is -0.399 e. The quantitative estimate of drug-likeness (QED) is 0.621. The SMILES string of the molecule is Cc1ccc(N)cc1C(=O)NC(C)c1ccc(NC(=O)NC2CC2)cc1. The summed E-state index contributed by atoms with van der Waals surface area (Å²) in [5.74, 6) is -0.159. The summed E-state index contributed by atoms with van der Waals surface area (Å²) in [6, 6.07) is 12.7. The molecule has 1 aliphatic carbocycles. The summed E-state index contributed by atoms with van der Waals surface area (Å²) in [6.07, 6.45) is 2.10. The van der Waals surface area contributed by atoms with Crippen LogP contribution in [-0.4, -0.2) is 18.0 Å². The lowest BCUT2D eigenvalue weighted by Gasteiger charge is -2.16. The summed E-state index contributed by atoms with van der Waals surface area (Å²) in [7, 11) is 0. The molecule has 6 heteroatoms. The maximum Gasteiger partial charge on any atom is 0.319 e. The van der Waals surface area contributed by atoms with Crippen LogP contribution < -0.4 is 21.7 Å². The lowest BCUT2D eigenvalue weighted by molar-refractivity contribution is 0.0939. The molecule has 1 fully saturated rings.